The first-order valence-corrected chi connectivity index (χ1v) is 13.6. The van der Waals surface area contributed by atoms with Crippen molar-refractivity contribution in [3.63, 3.8) is 0 Å². The number of rotatable bonds is 5. The van der Waals surface area contributed by atoms with E-state index in [9.17, 15) is 0 Å². The van der Waals surface area contributed by atoms with Crippen LogP contribution in [-0.4, -0.2) is 61.2 Å². The van der Waals surface area contributed by atoms with Crippen molar-refractivity contribution >= 4 is 27.6 Å². The molecule has 3 aliphatic heterocycles. The first-order valence-electron chi connectivity index (χ1n) is 8.92. The third-order valence-electron chi connectivity index (χ3n) is 5.25. The van der Waals surface area contributed by atoms with Gasteiger partial charge in [-0.2, -0.15) is 0 Å². The maximum atomic E-state index is 6.19. The van der Waals surface area contributed by atoms with Crippen LogP contribution < -0.4 is 10.8 Å². The Kier molecular flexibility index (Phi) is 4.98. The van der Waals surface area contributed by atoms with Crippen molar-refractivity contribution in [1.29, 1.82) is 0 Å². The molecule has 0 radical (unpaired) electrons. The summed E-state index contributed by atoms with van der Waals surface area (Å²) >= 11 is 0. The Morgan fingerprint density at radius 2 is 1.44 bits per heavy atom. The largest absolute Gasteiger partial charge is 0.500 e. The SMILES string of the molecule is C[Si](CC[Si]12OCCN(CCO1)CCO2)(c1ccco1)c1ccco1. The fourth-order valence-electron chi connectivity index (χ4n) is 3.62. The summed E-state index contributed by atoms with van der Waals surface area (Å²) in [6, 6.07) is 9.74. The summed E-state index contributed by atoms with van der Waals surface area (Å²) in [5.74, 6) is 0. The highest BCUT2D eigenvalue weighted by Crippen LogP contribution is 2.26. The van der Waals surface area contributed by atoms with E-state index in [0.717, 1.165) is 42.5 Å². The third kappa shape index (κ3) is 3.55. The summed E-state index contributed by atoms with van der Waals surface area (Å²) in [5, 5.41) is 2.05. The molecule has 0 unspecified atom stereocenters. The van der Waals surface area contributed by atoms with Gasteiger partial charge < -0.3 is 22.1 Å². The standard InChI is InChI=1S/C17H25NO5Si2/c1-24(16-4-2-9-19-16,17-5-3-10-20-17)14-15-25-21-11-6-18(7-12-22-25)8-13-23-25/h2-5,9-10H,6-8,11-15H2,1H3. The molecule has 2 aromatic heterocycles. The minimum Gasteiger partial charge on any atom is -0.474 e. The van der Waals surface area contributed by atoms with Gasteiger partial charge in [0, 0.05) is 25.7 Å². The van der Waals surface area contributed by atoms with Gasteiger partial charge >= 0.3 is 8.80 Å². The van der Waals surface area contributed by atoms with Crippen molar-refractivity contribution < 1.29 is 22.1 Å². The number of hydrogen-bond acceptors (Lipinski definition) is 6. The number of furan rings is 2. The average molecular weight is 380 g/mol. The second kappa shape index (κ2) is 7.22. The zero-order valence-electron chi connectivity index (χ0n) is 14.6. The van der Waals surface area contributed by atoms with Gasteiger partial charge in [0.25, 0.3) is 0 Å². The van der Waals surface area contributed by atoms with Crippen molar-refractivity contribution in [1.82, 2.24) is 4.90 Å². The molecule has 0 amide bonds. The molecule has 2 bridgehead atoms. The molecule has 0 N–H and O–H groups in total. The first kappa shape index (κ1) is 17.3. The lowest BCUT2D eigenvalue weighted by atomic mass is 10.4. The predicted octanol–water partition coefficient (Wildman–Crippen LogP) is 1.38. The average Bonchev–Trinajstić information content (AvgIpc) is 3.26. The molecule has 0 atom stereocenters. The predicted molar refractivity (Wildman–Crippen MR) is 98.0 cm³/mol. The van der Waals surface area contributed by atoms with E-state index in [1.165, 1.54) is 0 Å². The van der Waals surface area contributed by atoms with Crippen molar-refractivity contribution in [3.8, 4) is 0 Å². The summed E-state index contributed by atoms with van der Waals surface area (Å²) in [7, 11) is -4.76. The van der Waals surface area contributed by atoms with Crippen LogP contribution in [0.15, 0.2) is 45.6 Å². The van der Waals surface area contributed by atoms with Crippen LogP contribution in [0.1, 0.15) is 0 Å². The van der Waals surface area contributed by atoms with Gasteiger partial charge in [0.05, 0.1) is 43.1 Å². The van der Waals surface area contributed by atoms with Crippen molar-refractivity contribution in [2.45, 2.75) is 18.6 Å². The van der Waals surface area contributed by atoms with E-state index in [1.807, 2.05) is 12.1 Å². The van der Waals surface area contributed by atoms with E-state index in [0.29, 0.717) is 19.8 Å². The molecule has 136 valence electrons. The van der Waals surface area contributed by atoms with Gasteiger partial charge in [-0.25, -0.2) is 0 Å². The topological polar surface area (TPSA) is 57.2 Å². The molecular weight excluding hydrogens is 354 g/mol. The molecule has 0 aliphatic carbocycles. The second-order valence-corrected chi connectivity index (χ2v) is 13.7. The van der Waals surface area contributed by atoms with Crippen LogP contribution in [0.4, 0.5) is 0 Å². The van der Waals surface area contributed by atoms with Crippen LogP contribution in [0, 0.1) is 0 Å². The summed E-state index contributed by atoms with van der Waals surface area (Å²) in [6.45, 7) is 7.23. The van der Waals surface area contributed by atoms with Crippen LogP contribution in [-0.2, 0) is 13.3 Å². The second-order valence-electron chi connectivity index (χ2n) is 6.86. The molecule has 0 saturated carbocycles. The Labute approximate surface area is 150 Å². The van der Waals surface area contributed by atoms with Gasteiger partial charge in [-0.15, -0.1) is 0 Å². The van der Waals surface area contributed by atoms with Gasteiger partial charge in [-0.3, -0.25) is 4.90 Å². The van der Waals surface area contributed by atoms with Crippen molar-refractivity contribution in [3.05, 3.63) is 36.8 Å². The van der Waals surface area contributed by atoms with Gasteiger partial charge in [0.15, 0.2) is 0 Å². The van der Waals surface area contributed by atoms with Gasteiger partial charge in [-0.05, 0) is 30.3 Å². The maximum absolute atomic E-state index is 6.19. The van der Waals surface area contributed by atoms with E-state index in [2.05, 4.69) is 23.6 Å². The summed E-state index contributed by atoms with van der Waals surface area (Å²) < 4.78 is 30.1. The molecule has 3 fully saturated rings. The summed E-state index contributed by atoms with van der Waals surface area (Å²) in [4.78, 5) is 2.34. The third-order valence-corrected chi connectivity index (χ3v) is 12.5. The molecule has 0 aromatic carbocycles. The van der Waals surface area contributed by atoms with Crippen LogP contribution in [0.25, 0.3) is 0 Å². The van der Waals surface area contributed by atoms with E-state index in [4.69, 9.17) is 22.1 Å². The zero-order valence-corrected chi connectivity index (χ0v) is 16.6. The van der Waals surface area contributed by atoms with Gasteiger partial charge in [-0.1, -0.05) is 6.55 Å². The molecule has 6 nitrogen and oxygen atoms in total. The molecule has 25 heavy (non-hydrogen) atoms. The minimum absolute atomic E-state index is 0.687. The quantitative estimate of drug-likeness (QED) is 0.732. The molecule has 3 saturated heterocycles. The number of fused-ring (bicyclic) bond motifs is 6. The Bertz CT molecular complexity index is 600. The smallest absolute Gasteiger partial charge is 0.474 e. The number of hydrogen-bond donors (Lipinski definition) is 0. The first-order chi connectivity index (χ1) is 12.2. The molecule has 0 spiro atoms. The van der Waals surface area contributed by atoms with Gasteiger partial charge in [0.2, 0.25) is 8.07 Å². The highest BCUT2D eigenvalue weighted by atomic mass is 28.4. The summed E-state index contributed by atoms with van der Waals surface area (Å²) in [6.07, 6.45) is 3.48. The highest BCUT2D eigenvalue weighted by molar-refractivity contribution is 7.00. The Hall–Kier alpha value is -1.17. The molecule has 2 aromatic rings. The van der Waals surface area contributed by atoms with Crippen LogP contribution in [0.3, 0.4) is 0 Å². The molecule has 8 heteroatoms. The molecular formula is C17H25NO5Si2. The summed E-state index contributed by atoms with van der Waals surface area (Å²) in [5.41, 5.74) is 0. The lowest BCUT2D eigenvalue weighted by Crippen LogP contribution is -2.59. The fourth-order valence-corrected chi connectivity index (χ4v) is 11.1. The van der Waals surface area contributed by atoms with Crippen molar-refractivity contribution in [2.24, 2.45) is 0 Å². The minimum atomic E-state index is -2.64. The lowest BCUT2D eigenvalue weighted by molar-refractivity contribution is -0.00752. The van der Waals surface area contributed by atoms with Crippen LogP contribution in [0.2, 0.25) is 18.6 Å². The zero-order chi connectivity index (χ0) is 17.2. The van der Waals surface area contributed by atoms with Gasteiger partial charge in [0.1, 0.15) is 0 Å². The van der Waals surface area contributed by atoms with Crippen molar-refractivity contribution in [2.75, 3.05) is 39.5 Å². The molecule has 3 aliphatic rings. The van der Waals surface area contributed by atoms with E-state index < -0.39 is 16.9 Å². The fraction of sp³-hybridized carbons (Fsp3) is 0.529. The van der Waals surface area contributed by atoms with E-state index in [1.54, 1.807) is 12.5 Å². The highest BCUT2D eigenvalue weighted by Gasteiger charge is 2.48. The molecule has 5 rings (SSSR count). The lowest BCUT2D eigenvalue weighted by Gasteiger charge is -2.39. The van der Waals surface area contributed by atoms with E-state index >= 15 is 0 Å². The van der Waals surface area contributed by atoms with Crippen LogP contribution in [0.5, 0.6) is 0 Å². The molecule has 5 heterocycles. The Morgan fingerprint density at radius 1 is 0.920 bits per heavy atom. The van der Waals surface area contributed by atoms with E-state index in [-0.39, 0.29) is 0 Å². The maximum Gasteiger partial charge on any atom is 0.500 e. The normalized spacial score (nSPS) is 27.6. The Morgan fingerprint density at radius 3 is 1.88 bits per heavy atom. The Balaban J connectivity index is 1.56. The monoisotopic (exact) mass is 379 g/mol. The van der Waals surface area contributed by atoms with Crippen LogP contribution >= 0.6 is 0 Å². The number of nitrogens with zero attached hydrogens (tertiary/aromatic N) is 1.